The Morgan fingerprint density at radius 3 is 2.35 bits per heavy atom. The first-order chi connectivity index (χ1) is 12.5. The number of para-hydroxylation sites is 1. The second-order valence-electron chi connectivity index (χ2n) is 6.50. The molecule has 4 heteroatoms. The van der Waals surface area contributed by atoms with Crippen molar-refractivity contribution >= 4 is 17.6 Å². The van der Waals surface area contributed by atoms with E-state index in [1.807, 2.05) is 54.6 Å². The van der Waals surface area contributed by atoms with E-state index in [0.717, 1.165) is 23.2 Å². The Labute approximate surface area is 155 Å². The van der Waals surface area contributed by atoms with Crippen LogP contribution in [0, 0.1) is 0 Å². The van der Waals surface area contributed by atoms with Crippen molar-refractivity contribution in [2.24, 2.45) is 0 Å². The molecular weight excluding hydrogens is 326 g/mol. The van der Waals surface area contributed by atoms with Crippen molar-refractivity contribution in [3.05, 3.63) is 65.7 Å². The smallest absolute Gasteiger partial charge is 0.306 e. The predicted molar refractivity (Wildman–Crippen MR) is 104 cm³/mol. The van der Waals surface area contributed by atoms with Crippen LogP contribution in [-0.2, 0) is 20.7 Å². The lowest BCUT2D eigenvalue weighted by Crippen LogP contribution is -2.30. The molecule has 0 bridgehead atoms. The molecule has 0 aliphatic carbocycles. The molecule has 1 N–H and O–H groups in total. The topological polar surface area (TPSA) is 55.4 Å². The van der Waals surface area contributed by atoms with Crippen LogP contribution < -0.4 is 5.32 Å². The lowest BCUT2D eigenvalue weighted by Gasteiger charge is -2.18. The van der Waals surface area contributed by atoms with Gasteiger partial charge in [-0.2, -0.15) is 0 Å². The highest BCUT2D eigenvalue weighted by Gasteiger charge is 2.19. The monoisotopic (exact) mass is 353 g/mol. The van der Waals surface area contributed by atoms with Gasteiger partial charge in [0.05, 0.1) is 0 Å². The maximum atomic E-state index is 12.4. The van der Waals surface area contributed by atoms with Crippen LogP contribution >= 0.6 is 0 Å². The molecule has 0 fully saturated rings. The highest BCUT2D eigenvalue weighted by molar-refractivity contribution is 5.95. The number of carbonyl (C=O) groups is 2. The number of rotatable bonds is 8. The number of amides is 1. The van der Waals surface area contributed by atoms with Gasteiger partial charge in [-0.1, -0.05) is 62.4 Å². The summed E-state index contributed by atoms with van der Waals surface area (Å²) in [7, 11) is 0. The van der Waals surface area contributed by atoms with Gasteiger partial charge >= 0.3 is 5.97 Å². The maximum absolute atomic E-state index is 12.4. The molecule has 0 aliphatic heterocycles. The van der Waals surface area contributed by atoms with Crippen molar-refractivity contribution in [3.63, 3.8) is 0 Å². The maximum Gasteiger partial charge on any atom is 0.306 e. The van der Waals surface area contributed by atoms with Gasteiger partial charge in [0.1, 0.15) is 0 Å². The van der Waals surface area contributed by atoms with E-state index in [-0.39, 0.29) is 18.3 Å². The Kier molecular flexibility index (Phi) is 7.39. The lowest BCUT2D eigenvalue weighted by atomic mass is 9.97. The summed E-state index contributed by atoms with van der Waals surface area (Å²) in [4.78, 5) is 24.4. The molecule has 138 valence electrons. The predicted octanol–water partition coefficient (Wildman–Crippen LogP) is 4.70. The van der Waals surface area contributed by atoms with Crippen LogP contribution in [0.25, 0.3) is 0 Å². The standard InChI is InChI=1S/C22H27NO3/c1-4-16(2)19-12-8-9-13-20(19)23-22(25)17(3)26-21(24)15-14-18-10-6-5-7-11-18/h5-13,16-17H,4,14-15H2,1-3H3,(H,23,25)/t16-,17-/m1/s1. The Morgan fingerprint density at radius 2 is 1.65 bits per heavy atom. The summed E-state index contributed by atoms with van der Waals surface area (Å²) < 4.78 is 5.28. The minimum absolute atomic E-state index is 0.255. The van der Waals surface area contributed by atoms with Crippen molar-refractivity contribution in [2.75, 3.05) is 5.32 Å². The zero-order valence-corrected chi connectivity index (χ0v) is 15.7. The molecule has 0 unspecified atom stereocenters. The van der Waals surface area contributed by atoms with Gasteiger partial charge in [-0.25, -0.2) is 0 Å². The number of carbonyl (C=O) groups excluding carboxylic acids is 2. The number of hydrogen-bond donors (Lipinski definition) is 1. The summed E-state index contributed by atoms with van der Waals surface area (Å²) in [6, 6.07) is 17.5. The van der Waals surface area contributed by atoms with E-state index < -0.39 is 6.10 Å². The molecule has 2 rings (SSSR count). The SMILES string of the molecule is CC[C@@H](C)c1ccccc1NC(=O)[C@@H](C)OC(=O)CCc1ccccc1. The summed E-state index contributed by atoms with van der Waals surface area (Å²) in [5, 5.41) is 2.89. The number of anilines is 1. The van der Waals surface area contributed by atoms with E-state index in [9.17, 15) is 9.59 Å². The summed E-state index contributed by atoms with van der Waals surface area (Å²) in [6.45, 7) is 5.83. The third-order valence-electron chi connectivity index (χ3n) is 4.50. The van der Waals surface area contributed by atoms with Crippen LogP contribution in [0.3, 0.4) is 0 Å². The Morgan fingerprint density at radius 1 is 1.00 bits per heavy atom. The van der Waals surface area contributed by atoms with E-state index >= 15 is 0 Å². The minimum Gasteiger partial charge on any atom is -0.453 e. The van der Waals surface area contributed by atoms with Crippen LogP contribution in [0.5, 0.6) is 0 Å². The van der Waals surface area contributed by atoms with Crippen LogP contribution in [0.2, 0.25) is 0 Å². The molecule has 1 amide bonds. The van der Waals surface area contributed by atoms with Crippen LogP contribution in [0.4, 0.5) is 5.69 Å². The molecule has 2 aromatic carbocycles. The van der Waals surface area contributed by atoms with Gasteiger partial charge in [0.15, 0.2) is 6.10 Å². The molecule has 2 atom stereocenters. The van der Waals surface area contributed by atoms with Gasteiger partial charge in [0.2, 0.25) is 0 Å². The first-order valence-electron chi connectivity index (χ1n) is 9.14. The minimum atomic E-state index is -0.830. The van der Waals surface area contributed by atoms with E-state index in [2.05, 4.69) is 19.2 Å². The third kappa shape index (κ3) is 5.73. The van der Waals surface area contributed by atoms with Crippen LogP contribution in [0.15, 0.2) is 54.6 Å². The zero-order chi connectivity index (χ0) is 18.9. The van der Waals surface area contributed by atoms with Gasteiger partial charge < -0.3 is 10.1 Å². The van der Waals surface area contributed by atoms with Gasteiger partial charge in [-0.15, -0.1) is 0 Å². The van der Waals surface area contributed by atoms with Crippen molar-refractivity contribution in [1.29, 1.82) is 0 Å². The van der Waals surface area contributed by atoms with E-state index in [4.69, 9.17) is 4.74 Å². The van der Waals surface area contributed by atoms with Gasteiger partial charge in [-0.05, 0) is 42.9 Å². The first kappa shape index (κ1) is 19.7. The number of benzene rings is 2. The Bertz CT molecular complexity index is 727. The summed E-state index contributed by atoms with van der Waals surface area (Å²) >= 11 is 0. The van der Waals surface area contributed by atoms with Crippen molar-refractivity contribution in [2.45, 2.75) is 52.1 Å². The molecule has 0 saturated carbocycles. The van der Waals surface area contributed by atoms with Gasteiger partial charge in [-0.3, -0.25) is 9.59 Å². The summed E-state index contributed by atoms with van der Waals surface area (Å²) in [6.07, 6.45) is 1.01. The fourth-order valence-electron chi connectivity index (χ4n) is 2.70. The molecule has 0 aromatic heterocycles. The summed E-state index contributed by atoms with van der Waals surface area (Å²) in [5.41, 5.74) is 2.94. The second kappa shape index (κ2) is 9.76. The fourth-order valence-corrected chi connectivity index (χ4v) is 2.70. The molecule has 0 heterocycles. The lowest BCUT2D eigenvalue weighted by molar-refractivity contribution is -0.153. The quantitative estimate of drug-likeness (QED) is 0.700. The third-order valence-corrected chi connectivity index (χ3v) is 4.50. The first-order valence-corrected chi connectivity index (χ1v) is 9.14. The largest absolute Gasteiger partial charge is 0.453 e. The molecule has 2 aromatic rings. The molecule has 0 aliphatic rings. The average molecular weight is 353 g/mol. The molecular formula is C22H27NO3. The molecule has 4 nitrogen and oxygen atoms in total. The fraction of sp³-hybridized carbons (Fsp3) is 0.364. The number of nitrogens with one attached hydrogen (secondary N) is 1. The van der Waals surface area contributed by atoms with Crippen LogP contribution in [-0.4, -0.2) is 18.0 Å². The molecule has 0 spiro atoms. The number of hydrogen-bond acceptors (Lipinski definition) is 3. The Balaban J connectivity index is 1.88. The van der Waals surface area contributed by atoms with E-state index in [1.54, 1.807) is 6.92 Å². The van der Waals surface area contributed by atoms with E-state index in [0.29, 0.717) is 12.3 Å². The van der Waals surface area contributed by atoms with Crippen molar-refractivity contribution in [3.8, 4) is 0 Å². The van der Waals surface area contributed by atoms with E-state index in [1.165, 1.54) is 0 Å². The Hall–Kier alpha value is -2.62. The number of aryl methyl sites for hydroxylation is 1. The highest BCUT2D eigenvalue weighted by atomic mass is 16.5. The summed E-state index contributed by atoms with van der Waals surface area (Å²) in [5.74, 6) is -0.337. The van der Waals surface area contributed by atoms with Gasteiger partial charge in [0, 0.05) is 12.1 Å². The van der Waals surface area contributed by atoms with Gasteiger partial charge in [0.25, 0.3) is 5.91 Å². The number of ether oxygens (including phenoxy) is 1. The normalized spacial score (nSPS) is 12.9. The number of esters is 1. The van der Waals surface area contributed by atoms with Crippen molar-refractivity contribution < 1.29 is 14.3 Å². The second-order valence-corrected chi connectivity index (χ2v) is 6.50. The molecule has 26 heavy (non-hydrogen) atoms. The highest BCUT2D eigenvalue weighted by Crippen LogP contribution is 2.26. The van der Waals surface area contributed by atoms with Crippen molar-refractivity contribution in [1.82, 2.24) is 0 Å². The molecule has 0 radical (unpaired) electrons. The average Bonchev–Trinajstić information content (AvgIpc) is 2.67. The zero-order valence-electron chi connectivity index (χ0n) is 15.7. The van der Waals surface area contributed by atoms with Crippen LogP contribution in [0.1, 0.15) is 50.7 Å². The molecule has 0 saturated heterocycles.